The summed E-state index contributed by atoms with van der Waals surface area (Å²) in [4.78, 5) is 0. The number of benzene rings is 8. The minimum absolute atomic E-state index is 0.114. The van der Waals surface area contributed by atoms with E-state index in [1.165, 1.54) is 102 Å². The van der Waals surface area contributed by atoms with Crippen LogP contribution in [0.2, 0.25) is 0 Å². The molecule has 0 amide bonds. The van der Waals surface area contributed by atoms with E-state index in [-0.39, 0.29) is 16.1 Å². The number of hydrogen-bond donors (Lipinski definition) is 3. The minimum Gasteiger partial charge on any atom is -0.456 e. The van der Waals surface area contributed by atoms with E-state index in [0.717, 1.165) is 54.4 Å². The van der Waals surface area contributed by atoms with Crippen molar-refractivity contribution in [3.8, 4) is 11.5 Å². The molecule has 0 radical (unpaired) electrons. The van der Waals surface area contributed by atoms with Gasteiger partial charge < -0.3 is 27.9 Å². The molecule has 2 saturated carbocycles. The summed E-state index contributed by atoms with van der Waals surface area (Å²) in [7, 11) is 0.638. The standard InChI is InChI=1S/C18H22NOP.C18H16NP.C15H30NP.C14H16NP.C9H11O2P.C8H20NO2P/c1-13(2)19(14(3)4)21-17-11-7-5-9-15(17)20-16-10-6-8-12-18(16)21;1-4-10-16(11-5-1)19-20(17-12-6-2-7-13-17)18-14-8-3-9-15-18;1-13(2)16-17(14-9-5-3-6-10-14)15-11-7-4-8-12-15;1-16(14-10-6-3-7-11-14)15-12-13-8-4-2-5-9-13;1-2-4-9(5-3-1)8-12-10-6-7-11-12;1-7(2)9(8(3)4)12(10-5)11-6/h5-14H,1-4H3;1-15,19H;13-16H,3-12H2,1-2H3;2-11,15H,12H2,1H3;1-5H,6-8H2;7-8H,1-6H3. The predicted octanol–water partition coefficient (Wildman–Crippen LogP) is 21.8. The summed E-state index contributed by atoms with van der Waals surface area (Å²) in [6, 6.07) is 82.6. The highest BCUT2D eigenvalue weighted by atomic mass is 31.2. The summed E-state index contributed by atoms with van der Waals surface area (Å²) in [5, 5.41) is 18.0. The normalized spacial score (nSPS) is 15.3. The molecule has 12 rings (SSSR count). The van der Waals surface area contributed by atoms with Gasteiger partial charge in [-0.05, 0) is 182 Å². The maximum absolute atomic E-state index is 6.11. The highest BCUT2D eigenvalue weighted by Crippen LogP contribution is 2.54. The molecule has 1 unspecified atom stereocenters. The molecule has 4 aliphatic rings. The van der Waals surface area contributed by atoms with Gasteiger partial charge in [0.2, 0.25) is 0 Å². The molecule has 2 aliphatic carbocycles. The average molecular weight is 1440 g/mol. The van der Waals surface area contributed by atoms with Gasteiger partial charge in [0, 0.05) is 92.1 Å². The Hall–Kier alpha value is -4.38. The second-order valence-electron chi connectivity index (χ2n) is 26.2. The lowest BCUT2D eigenvalue weighted by molar-refractivity contribution is 0.218. The van der Waals surface area contributed by atoms with Gasteiger partial charge in [0.1, 0.15) is 11.5 Å². The molecule has 8 aromatic carbocycles. The molecular weight excluding hydrogens is 1320 g/mol. The molecular formula is C82H115N5O5P6. The van der Waals surface area contributed by atoms with E-state index in [9.17, 15) is 0 Å². The first-order valence-corrected chi connectivity index (χ1v) is 44.1. The van der Waals surface area contributed by atoms with Crippen LogP contribution >= 0.6 is 49.2 Å². The number of ether oxygens (including phenoxy) is 1. The molecule has 3 fully saturated rings. The number of nitrogens with zero attached hydrogens (tertiary/aromatic N) is 2. The van der Waals surface area contributed by atoms with Gasteiger partial charge in [-0.1, -0.05) is 233 Å². The zero-order valence-corrected chi connectivity index (χ0v) is 66.4. The van der Waals surface area contributed by atoms with Crippen molar-refractivity contribution >= 4 is 81.4 Å². The van der Waals surface area contributed by atoms with E-state index < -0.39 is 33.0 Å². The van der Waals surface area contributed by atoms with Gasteiger partial charge in [-0.15, -0.1) is 0 Å². The first kappa shape index (κ1) is 80.9. The highest BCUT2D eigenvalue weighted by Gasteiger charge is 2.35. The van der Waals surface area contributed by atoms with Crippen molar-refractivity contribution in [1.29, 1.82) is 0 Å². The molecule has 16 heteroatoms. The van der Waals surface area contributed by atoms with Gasteiger partial charge in [-0.3, -0.25) is 14.8 Å². The second kappa shape index (κ2) is 45.6. The number of para-hydroxylation sites is 3. The molecule has 2 heterocycles. The Morgan fingerprint density at radius 3 is 1.24 bits per heavy atom. The fourth-order valence-electron chi connectivity index (χ4n) is 12.5. The maximum atomic E-state index is 6.11. The van der Waals surface area contributed by atoms with E-state index in [0.29, 0.717) is 30.2 Å². The van der Waals surface area contributed by atoms with E-state index >= 15 is 0 Å². The largest absolute Gasteiger partial charge is 0.456 e. The topological polar surface area (TPSA) is 88.7 Å². The van der Waals surface area contributed by atoms with Crippen molar-refractivity contribution in [2.75, 3.05) is 39.2 Å². The second-order valence-corrected chi connectivity index (χ2v) is 37.8. The monoisotopic (exact) mass is 1440 g/mol. The number of fused-ring (bicyclic) bond motifs is 2. The summed E-state index contributed by atoms with van der Waals surface area (Å²) in [5.74, 6) is 2.02. The van der Waals surface area contributed by atoms with Gasteiger partial charge in [0.25, 0.3) is 8.53 Å². The Kier molecular flexibility index (Phi) is 37.6. The first-order valence-electron chi connectivity index (χ1n) is 35.7. The summed E-state index contributed by atoms with van der Waals surface area (Å²) >= 11 is 0. The van der Waals surface area contributed by atoms with Crippen LogP contribution in [0.3, 0.4) is 0 Å². The van der Waals surface area contributed by atoms with Gasteiger partial charge in [-0.25, -0.2) is 4.67 Å². The Morgan fingerprint density at radius 2 is 0.847 bits per heavy atom. The third kappa shape index (κ3) is 27.4. The molecule has 0 spiro atoms. The molecule has 1 saturated heterocycles. The van der Waals surface area contributed by atoms with Crippen molar-refractivity contribution in [3.05, 3.63) is 242 Å². The van der Waals surface area contributed by atoms with Crippen LogP contribution in [-0.4, -0.2) is 85.0 Å². The van der Waals surface area contributed by atoms with E-state index in [1.807, 2.05) is 24.3 Å². The third-order valence-corrected chi connectivity index (χ3v) is 30.6. The van der Waals surface area contributed by atoms with Crippen molar-refractivity contribution in [1.82, 2.24) is 19.5 Å². The van der Waals surface area contributed by atoms with Crippen molar-refractivity contribution in [2.45, 2.75) is 188 Å². The highest BCUT2D eigenvalue weighted by molar-refractivity contribution is 7.74. The lowest BCUT2D eigenvalue weighted by Gasteiger charge is -2.41. The Bertz CT molecular complexity index is 3210. The molecule has 8 aromatic rings. The summed E-state index contributed by atoms with van der Waals surface area (Å²) in [6.45, 7) is 27.1. The molecule has 528 valence electrons. The first-order chi connectivity index (χ1) is 47.6. The lowest BCUT2D eigenvalue weighted by Crippen LogP contribution is -2.40. The molecule has 1 atom stereocenters. The Labute approximate surface area is 600 Å². The number of nitrogens with one attached hydrogen (secondary N) is 3. The number of rotatable bonds is 22. The van der Waals surface area contributed by atoms with Gasteiger partial charge in [-0.2, -0.15) is 0 Å². The van der Waals surface area contributed by atoms with Crippen LogP contribution in [0.15, 0.2) is 231 Å². The lowest BCUT2D eigenvalue weighted by atomic mass is 10.00. The van der Waals surface area contributed by atoms with Crippen molar-refractivity contribution in [2.24, 2.45) is 0 Å². The fourth-order valence-corrected chi connectivity index (χ4v) is 24.5. The molecule has 0 aromatic heterocycles. The third-order valence-electron chi connectivity index (χ3n) is 16.9. The molecule has 0 bridgehead atoms. The SMILES string of the molecule is CC(C)N(C(C)C)P1c2ccccc2Oc2ccccc21.CC(C)NP(C1CCCCC1)C1CCCCC1.COP(OC)N(C(C)C)C(C)C.CP(NCc1ccccc1)c1ccccc1.c1ccc(CP2OCCO2)cc1.c1ccc(NP(c2ccccc2)c2ccccc2)cc1. The van der Waals surface area contributed by atoms with Crippen LogP contribution < -0.4 is 46.5 Å². The van der Waals surface area contributed by atoms with E-state index in [1.54, 1.807) is 14.2 Å². The molecule has 10 nitrogen and oxygen atoms in total. The van der Waals surface area contributed by atoms with Crippen LogP contribution in [0.5, 0.6) is 11.5 Å². The number of hydrogen-bond acceptors (Lipinski definition) is 10. The Balaban J connectivity index is 0.000000168. The molecule has 2 aliphatic heterocycles. The van der Waals surface area contributed by atoms with Crippen LogP contribution in [-0.2, 0) is 30.8 Å². The van der Waals surface area contributed by atoms with Crippen LogP contribution in [0, 0.1) is 0 Å². The summed E-state index contributed by atoms with van der Waals surface area (Å²) in [6.07, 6.45) is 16.0. The summed E-state index contributed by atoms with van der Waals surface area (Å²) < 4.78 is 32.3. The van der Waals surface area contributed by atoms with E-state index in [4.69, 9.17) is 22.8 Å². The van der Waals surface area contributed by atoms with Gasteiger partial charge in [0.15, 0.2) is 8.38 Å². The molecule has 3 N–H and O–H groups in total. The zero-order valence-electron chi connectivity index (χ0n) is 61.0. The molecule has 98 heavy (non-hydrogen) atoms. The average Bonchev–Trinajstić information content (AvgIpc) is 0.805. The number of anilines is 1. The van der Waals surface area contributed by atoms with Crippen LogP contribution in [0.4, 0.5) is 5.69 Å². The predicted molar refractivity (Wildman–Crippen MR) is 434 cm³/mol. The van der Waals surface area contributed by atoms with Gasteiger partial charge >= 0.3 is 0 Å². The smallest absolute Gasteiger partial charge is 0.258 e. The Morgan fingerprint density at radius 1 is 0.459 bits per heavy atom. The fraction of sp³-hybridized carbons (Fsp3) is 0.415. The van der Waals surface area contributed by atoms with Gasteiger partial charge in [0.05, 0.1) is 21.3 Å². The van der Waals surface area contributed by atoms with Crippen LogP contribution in [0.25, 0.3) is 0 Å². The summed E-state index contributed by atoms with van der Waals surface area (Å²) in [5.41, 5.74) is 5.89. The quantitative estimate of drug-likeness (QED) is 0.0570. The van der Waals surface area contributed by atoms with Crippen LogP contribution in [0.1, 0.15) is 145 Å². The van der Waals surface area contributed by atoms with Crippen molar-refractivity contribution < 1.29 is 22.8 Å². The zero-order chi connectivity index (χ0) is 69.9. The van der Waals surface area contributed by atoms with Crippen molar-refractivity contribution in [3.63, 3.8) is 0 Å². The maximum Gasteiger partial charge on any atom is 0.258 e. The minimum atomic E-state index is -0.865. The van der Waals surface area contributed by atoms with E-state index in [2.05, 4.69) is 307 Å².